The number of allylic oxidation sites excluding steroid dienone is 1. The van der Waals surface area contributed by atoms with Gasteiger partial charge in [-0.1, -0.05) is 0 Å². The van der Waals surface area contributed by atoms with Crippen LogP contribution in [-0.2, 0) is 0 Å². The molecular formula is C12H8N2O5S. The van der Waals surface area contributed by atoms with Crippen LogP contribution in [0, 0.1) is 28.2 Å². The lowest BCUT2D eigenvalue weighted by molar-refractivity contribution is -0.608. The summed E-state index contributed by atoms with van der Waals surface area (Å²) < 4.78 is 0.363. The van der Waals surface area contributed by atoms with E-state index in [1.807, 2.05) is 0 Å². The number of rotatable bonds is 1. The summed E-state index contributed by atoms with van der Waals surface area (Å²) in [6, 6.07) is 1.46. The minimum atomic E-state index is -0.928. The lowest BCUT2D eigenvalue weighted by Gasteiger charge is -2.22. The zero-order chi connectivity index (χ0) is 14.6. The van der Waals surface area contributed by atoms with Gasteiger partial charge in [0, 0.05) is 12.1 Å². The molecule has 0 radical (unpaired) electrons. The molecule has 102 valence electrons. The molecule has 0 saturated carbocycles. The van der Waals surface area contributed by atoms with Crippen LogP contribution >= 0.6 is 11.8 Å². The molecule has 0 bridgehead atoms. The van der Waals surface area contributed by atoms with Gasteiger partial charge >= 0.3 is 5.03 Å². The van der Waals surface area contributed by atoms with Crippen LogP contribution in [0.1, 0.15) is 26.4 Å². The Hall–Kier alpha value is -2.22. The lowest BCUT2D eigenvalue weighted by Crippen LogP contribution is -2.46. The molecule has 1 aliphatic heterocycles. The maximum Gasteiger partial charge on any atom is 0.300 e. The average molecular weight is 292 g/mol. The van der Waals surface area contributed by atoms with Crippen molar-refractivity contribution >= 4 is 23.3 Å². The molecule has 0 amide bonds. The van der Waals surface area contributed by atoms with Crippen molar-refractivity contribution in [2.75, 3.05) is 0 Å². The molecule has 2 unspecified atom stereocenters. The molecule has 8 heteroatoms. The second-order valence-corrected chi connectivity index (χ2v) is 5.76. The molecule has 7 nitrogen and oxygen atoms in total. The molecule has 2 heterocycles. The molecule has 2 atom stereocenters. The Kier molecular flexibility index (Phi) is 2.65. The van der Waals surface area contributed by atoms with E-state index >= 15 is 0 Å². The third kappa shape index (κ3) is 1.58. The molecule has 0 spiro atoms. The van der Waals surface area contributed by atoms with Crippen molar-refractivity contribution in [3.05, 3.63) is 55.5 Å². The van der Waals surface area contributed by atoms with Gasteiger partial charge in [0.05, 0.1) is 21.7 Å². The lowest BCUT2D eigenvalue weighted by atomic mass is 9.82. The van der Waals surface area contributed by atoms with Crippen molar-refractivity contribution in [1.82, 2.24) is 0 Å². The highest BCUT2D eigenvalue weighted by atomic mass is 32.2. The van der Waals surface area contributed by atoms with E-state index in [-0.39, 0.29) is 16.3 Å². The van der Waals surface area contributed by atoms with Crippen LogP contribution < -0.4 is 4.73 Å². The van der Waals surface area contributed by atoms with Crippen molar-refractivity contribution in [3.8, 4) is 0 Å². The van der Waals surface area contributed by atoms with Gasteiger partial charge in [0.15, 0.2) is 12.0 Å². The Morgan fingerprint density at radius 2 is 2.05 bits per heavy atom. The molecule has 20 heavy (non-hydrogen) atoms. The van der Waals surface area contributed by atoms with E-state index in [1.54, 1.807) is 6.92 Å². The molecule has 1 aliphatic carbocycles. The van der Waals surface area contributed by atoms with Crippen molar-refractivity contribution in [2.24, 2.45) is 5.92 Å². The number of Topliss-reactive ketones (excluding diaryl/α,β-unsaturated/α-hetero) is 2. The third-order valence-corrected chi connectivity index (χ3v) is 4.72. The summed E-state index contributed by atoms with van der Waals surface area (Å²) in [7, 11) is 0. The Bertz CT molecular complexity index is 712. The normalized spacial score (nSPS) is 24.1. The van der Waals surface area contributed by atoms with Crippen LogP contribution in [0.2, 0.25) is 0 Å². The number of aryl methyl sites for hydroxylation is 1. The Balaban J connectivity index is 2.19. The van der Waals surface area contributed by atoms with Crippen molar-refractivity contribution in [3.63, 3.8) is 0 Å². The van der Waals surface area contributed by atoms with Gasteiger partial charge < -0.3 is 5.21 Å². The zero-order valence-electron chi connectivity index (χ0n) is 10.2. The molecule has 0 aromatic carbocycles. The van der Waals surface area contributed by atoms with Crippen molar-refractivity contribution in [2.45, 2.75) is 12.2 Å². The number of aromatic nitrogens is 1. The first kappa shape index (κ1) is 12.8. The largest absolute Gasteiger partial charge is 0.618 e. The summed E-state index contributed by atoms with van der Waals surface area (Å²) in [5.74, 6) is -1.86. The number of hydrogen-bond acceptors (Lipinski definition) is 6. The maximum absolute atomic E-state index is 12.4. The SMILES string of the molecule is Cc1cc[n+]([O-])c2c1C(=O)C1SC([N+](=O)[O-])=CC1C2=O. The van der Waals surface area contributed by atoms with E-state index in [2.05, 4.69) is 0 Å². The summed E-state index contributed by atoms with van der Waals surface area (Å²) in [5, 5.41) is 21.5. The Morgan fingerprint density at radius 3 is 2.70 bits per heavy atom. The molecular weight excluding hydrogens is 284 g/mol. The standard InChI is InChI=1S/C12H8N2O5S/c1-5-2-3-13(17)9-8(5)11(16)12-6(10(9)15)4-7(20-12)14(18)19/h2-4,6,12H,1H3. The second-order valence-electron chi connectivity index (χ2n) is 4.60. The minimum Gasteiger partial charge on any atom is -0.618 e. The highest BCUT2D eigenvalue weighted by Gasteiger charge is 2.51. The second kappa shape index (κ2) is 4.14. The van der Waals surface area contributed by atoms with Gasteiger partial charge in [0.1, 0.15) is 0 Å². The average Bonchev–Trinajstić information content (AvgIpc) is 2.84. The number of thioether (sulfide) groups is 1. The molecule has 0 N–H and O–H groups in total. The van der Waals surface area contributed by atoms with Gasteiger partial charge in [0.25, 0.3) is 5.69 Å². The molecule has 1 aromatic rings. The van der Waals surface area contributed by atoms with Crippen LogP contribution in [-0.4, -0.2) is 21.7 Å². The van der Waals surface area contributed by atoms with Crippen LogP contribution in [0.5, 0.6) is 0 Å². The van der Waals surface area contributed by atoms with E-state index in [1.165, 1.54) is 18.3 Å². The summed E-state index contributed by atoms with van der Waals surface area (Å²) in [5.41, 5.74) is 0.399. The van der Waals surface area contributed by atoms with Crippen LogP contribution in [0.15, 0.2) is 23.4 Å². The summed E-state index contributed by atoms with van der Waals surface area (Å²) >= 11 is 0.773. The first-order chi connectivity index (χ1) is 9.41. The number of carbonyl (C=O) groups excluding carboxylic acids is 2. The topological polar surface area (TPSA) is 104 Å². The number of fused-ring (bicyclic) bond motifs is 2. The van der Waals surface area contributed by atoms with Gasteiger partial charge in [-0.25, -0.2) is 0 Å². The monoisotopic (exact) mass is 292 g/mol. The van der Waals surface area contributed by atoms with E-state index in [4.69, 9.17) is 0 Å². The van der Waals surface area contributed by atoms with E-state index in [9.17, 15) is 24.9 Å². The molecule has 3 rings (SSSR count). The third-order valence-electron chi connectivity index (χ3n) is 3.43. The first-order valence-electron chi connectivity index (χ1n) is 5.76. The quantitative estimate of drug-likeness (QED) is 0.329. The van der Waals surface area contributed by atoms with Gasteiger partial charge in [-0.2, -0.15) is 4.73 Å². The smallest absolute Gasteiger partial charge is 0.300 e. The summed E-state index contributed by atoms with van der Waals surface area (Å²) in [4.78, 5) is 34.9. The Labute approximate surface area is 117 Å². The van der Waals surface area contributed by atoms with Crippen molar-refractivity contribution in [1.29, 1.82) is 0 Å². The zero-order valence-corrected chi connectivity index (χ0v) is 11.0. The number of hydrogen-bond donors (Lipinski definition) is 0. The molecule has 0 saturated heterocycles. The fourth-order valence-electron chi connectivity index (χ4n) is 2.49. The van der Waals surface area contributed by atoms with Gasteiger partial charge in [0.2, 0.25) is 5.78 Å². The predicted molar refractivity (Wildman–Crippen MR) is 68.7 cm³/mol. The maximum atomic E-state index is 12.4. The number of pyridine rings is 1. The fraction of sp³-hybridized carbons (Fsp3) is 0.250. The van der Waals surface area contributed by atoms with E-state index in [0.717, 1.165) is 11.8 Å². The molecule has 1 aromatic heterocycles. The summed E-state index contributed by atoms with van der Waals surface area (Å²) in [6.07, 6.45) is 2.33. The predicted octanol–water partition coefficient (Wildman–Crippen LogP) is 0.857. The fourth-order valence-corrected chi connectivity index (χ4v) is 3.64. The number of ketones is 2. The van der Waals surface area contributed by atoms with Crippen molar-refractivity contribution < 1.29 is 19.2 Å². The number of nitrogens with zero attached hydrogens (tertiary/aromatic N) is 2. The van der Waals surface area contributed by atoms with E-state index < -0.39 is 27.7 Å². The minimum absolute atomic E-state index is 0.0826. The summed E-state index contributed by atoms with van der Waals surface area (Å²) in [6.45, 7) is 1.63. The van der Waals surface area contributed by atoms with E-state index in [0.29, 0.717) is 10.3 Å². The van der Waals surface area contributed by atoms with Crippen LogP contribution in [0.25, 0.3) is 0 Å². The first-order valence-corrected chi connectivity index (χ1v) is 6.64. The van der Waals surface area contributed by atoms with Crippen LogP contribution in [0.4, 0.5) is 0 Å². The molecule has 0 fully saturated rings. The van der Waals surface area contributed by atoms with Gasteiger partial charge in [-0.05, 0) is 24.2 Å². The number of nitro groups is 1. The highest BCUT2D eigenvalue weighted by molar-refractivity contribution is 8.04. The number of carbonyl (C=O) groups is 2. The Morgan fingerprint density at radius 1 is 1.35 bits per heavy atom. The highest BCUT2D eigenvalue weighted by Crippen LogP contribution is 2.43. The molecule has 2 aliphatic rings. The van der Waals surface area contributed by atoms with Gasteiger partial charge in [-0.3, -0.25) is 19.7 Å². The van der Waals surface area contributed by atoms with Gasteiger partial charge in [-0.15, -0.1) is 0 Å². The van der Waals surface area contributed by atoms with Crippen LogP contribution in [0.3, 0.4) is 0 Å².